The van der Waals surface area contributed by atoms with Gasteiger partial charge in [0.15, 0.2) is 0 Å². The number of para-hydroxylation sites is 1. The maximum atomic E-state index is 5.59. The average molecular weight is 190 g/mol. The summed E-state index contributed by atoms with van der Waals surface area (Å²) in [5, 5.41) is 3.93. The van der Waals surface area contributed by atoms with Crippen LogP contribution in [0, 0.1) is 0 Å². The minimum Gasteiger partial charge on any atom is -0.368 e. The maximum Gasteiger partial charge on any atom is 0.214 e. The first-order chi connectivity index (χ1) is 6.68. The molecule has 0 heterocycles. The smallest absolute Gasteiger partial charge is 0.214 e. The van der Waals surface area contributed by atoms with Gasteiger partial charge in [0.1, 0.15) is 0 Å². The van der Waals surface area contributed by atoms with Crippen LogP contribution in [-0.4, -0.2) is 11.7 Å². The Morgan fingerprint density at radius 1 is 1.21 bits per heavy atom. The molecule has 0 aromatic heterocycles. The van der Waals surface area contributed by atoms with Crippen molar-refractivity contribution in [1.29, 1.82) is 0 Å². The van der Waals surface area contributed by atoms with Gasteiger partial charge in [0.25, 0.3) is 0 Å². The molecule has 0 aliphatic carbocycles. The average Bonchev–Trinajstić information content (AvgIpc) is 2.16. The molecule has 0 atom stereocenters. The van der Waals surface area contributed by atoms with Gasteiger partial charge in [0.05, 0.1) is 5.69 Å². The third-order valence-corrected chi connectivity index (χ3v) is 1.40. The molecule has 0 unspecified atom stereocenters. The van der Waals surface area contributed by atoms with Gasteiger partial charge in [-0.3, -0.25) is 0 Å². The van der Waals surface area contributed by atoms with Gasteiger partial charge in [-0.05, 0) is 26.0 Å². The summed E-state index contributed by atoms with van der Waals surface area (Å²) >= 11 is 0. The first-order valence-corrected chi connectivity index (χ1v) is 4.34. The second-order valence-corrected chi connectivity index (χ2v) is 3.00. The lowest BCUT2D eigenvalue weighted by Crippen LogP contribution is -2.27. The molecule has 0 aliphatic rings. The molecular formula is C10H14N4. The Morgan fingerprint density at radius 3 is 2.43 bits per heavy atom. The second kappa shape index (κ2) is 5.01. The minimum atomic E-state index is 0.289. The summed E-state index contributed by atoms with van der Waals surface area (Å²) < 4.78 is 0. The number of nitrogens with zero attached hydrogens (tertiary/aromatic N) is 2. The topological polar surface area (TPSA) is 62.8 Å². The summed E-state index contributed by atoms with van der Waals surface area (Å²) in [6, 6.07) is 9.48. The van der Waals surface area contributed by atoms with Crippen LogP contribution in [0.5, 0.6) is 0 Å². The normalized spacial score (nSPS) is 10.9. The van der Waals surface area contributed by atoms with E-state index in [0.717, 1.165) is 11.4 Å². The number of aliphatic imine (C=N–C) groups is 1. The molecular weight excluding hydrogens is 176 g/mol. The Labute approximate surface area is 83.5 Å². The van der Waals surface area contributed by atoms with Gasteiger partial charge in [-0.2, -0.15) is 5.10 Å². The molecule has 1 aromatic rings. The highest BCUT2D eigenvalue weighted by molar-refractivity contribution is 5.84. The molecule has 1 rings (SSSR count). The van der Waals surface area contributed by atoms with Crippen molar-refractivity contribution in [2.24, 2.45) is 15.8 Å². The largest absolute Gasteiger partial charge is 0.368 e. The van der Waals surface area contributed by atoms with E-state index in [1.54, 1.807) is 0 Å². The van der Waals surface area contributed by atoms with Gasteiger partial charge in [0, 0.05) is 5.71 Å². The molecule has 0 saturated carbocycles. The van der Waals surface area contributed by atoms with Gasteiger partial charge in [-0.25, -0.2) is 10.4 Å². The molecule has 0 fully saturated rings. The predicted molar refractivity (Wildman–Crippen MR) is 59.6 cm³/mol. The Balaban J connectivity index is 2.65. The van der Waals surface area contributed by atoms with Crippen LogP contribution in [-0.2, 0) is 0 Å². The van der Waals surface area contributed by atoms with E-state index in [1.807, 2.05) is 44.2 Å². The molecule has 0 saturated heterocycles. The van der Waals surface area contributed by atoms with Crippen LogP contribution in [0.25, 0.3) is 0 Å². The third kappa shape index (κ3) is 3.71. The van der Waals surface area contributed by atoms with E-state index in [0.29, 0.717) is 0 Å². The molecule has 1 aromatic carbocycles. The molecule has 4 heteroatoms. The van der Waals surface area contributed by atoms with Crippen molar-refractivity contribution in [3.05, 3.63) is 30.3 Å². The van der Waals surface area contributed by atoms with Gasteiger partial charge < -0.3 is 5.73 Å². The van der Waals surface area contributed by atoms with Gasteiger partial charge in [-0.1, -0.05) is 18.2 Å². The number of guanidine groups is 1. The van der Waals surface area contributed by atoms with E-state index in [4.69, 9.17) is 5.73 Å². The summed E-state index contributed by atoms with van der Waals surface area (Å²) in [6.45, 7) is 3.76. The monoisotopic (exact) mass is 190 g/mol. The van der Waals surface area contributed by atoms with Crippen LogP contribution in [0.2, 0.25) is 0 Å². The number of rotatable bonds is 2. The number of hydrazone groups is 1. The number of nitrogens with one attached hydrogen (secondary N) is 1. The number of hydrogen-bond acceptors (Lipinski definition) is 2. The SMILES string of the molecule is CC(C)=NNC(N)=Nc1ccccc1. The summed E-state index contributed by atoms with van der Waals surface area (Å²) in [6.07, 6.45) is 0. The molecule has 4 nitrogen and oxygen atoms in total. The highest BCUT2D eigenvalue weighted by Crippen LogP contribution is 2.08. The first kappa shape index (κ1) is 10.2. The third-order valence-electron chi connectivity index (χ3n) is 1.40. The second-order valence-electron chi connectivity index (χ2n) is 3.00. The van der Waals surface area contributed by atoms with Crippen molar-refractivity contribution < 1.29 is 0 Å². The number of benzene rings is 1. The number of hydrogen-bond donors (Lipinski definition) is 2. The van der Waals surface area contributed by atoms with E-state index >= 15 is 0 Å². The molecule has 0 bridgehead atoms. The van der Waals surface area contributed by atoms with Crippen molar-refractivity contribution in [2.75, 3.05) is 0 Å². The zero-order valence-corrected chi connectivity index (χ0v) is 8.36. The van der Waals surface area contributed by atoms with Crippen molar-refractivity contribution >= 4 is 17.4 Å². The van der Waals surface area contributed by atoms with Crippen LogP contribution < -0.4 is 11.2 Å². The molecule has 74 valence electrons. The van der Waals surface area contributed by atoms with Gasteiger partial charge in [0.2, 0.25) is 5.96 Å². The Bertz CT molecular complexity index is 336. The Morgan fingerprint density at radius 2 is 1.86 bits per heavy atom. The van der Waals surface area contributed by atoms with Gasteiger partial charge in [-0.15, -0.1) is 0 Å². The van der Waals surface area contributed by atoms with Crippen LogP contribution >= 0.6 is 0 Å². The summed E-state index contributed by atoms with van der Waals surface area (Å²) in [4.78, 5) is 4.11. The highest BCUT2D eigenvalue weighted by atomic mass is 15.4. The van der Waals surface area contributed by atoms with E-state index in [2.05, 4.69) is 15.5 Å². The lowest BCUT2D eigenvalue weighted by Gasteiger charge is -1.99. The number of nitrogens with two attached hydrogens (primary N) is 1. The van der Waals surface area contributed by atoms with E-state index in [1.165, 1.54) is 0 Å². The fraction of sp³-hybridized carbons (Fsp3) is 0.200. The standard InChI is InChI=1S/C10H14N4/c1-8(2)13-14-10(11)12-9-6-4-3-5-7-9/h3-7H,1-2H3,(H3,11,12,14). The summed E-state index contributed by atoms with van der Waals surface area (Å²) in [5.41, 5.74) is 9.94. The maximum absolute atomic E-state index is 5.59. The molecule has 0 radical (unpaired) electrons. The van der Waals surface area contributed by atoms with Crippen LogP contribution in [0.4, 0.5) is 5.69 Å². The molecule has 3 N–H and O–H groups in total. The fourth-order valence-corrected chi connectivity index (χ4v) is 0.836. The molecule has 0 amide bonds. The Hall–Kier alpha value is -1.84. The minimum absolute atomic E-state index is 0.289. The van der Waals surface area contributed by atoms with Crippen LogP contribution in [0.1, 0.15) is 13.8 Å². The van der Waals surface area contributed by atoms with E-state index in [-0.39, 0.29) is 5.96 Å². The lowest BCUT2D eigenvalue weighted by atomic mass is 10.3. The van der Waals surface area contributed by atoms with Crippen molar-refractivity contribution in [3.8, 4) is 0 Å². The lowest BCUT2D eigenvalue weighted by molar-refractivity contribution is 1.00. The van der Waals surface area contributed by atoms with Crippen molar-refractivity contribution in [1.82, 2.24) is 5.43 Å². The molecule has 14 heavy (non-hydrogen) atoms. The van der Waals surface area contributed by atoms with Crippen LogP contribution in [0.15, 0.2) is 40.4 Å². The zero-order chi connectivity index (χ0) is 10.4. The van der Waals surface area contributed by atoms with Crippen LogP contribution in [0.3, 0.4) is 0 Å². The molecule has 0 spiro atoms. The van der Waals surface area contributed by atoms with E-state index in [9.17, 15) is 0 Å². The Kier molecular flexibility index (Phi) is 3.67. The fourth-order valence-electron chi connectivity index (χ4n) is 0.836. The summed E-state index contributed by atoms with van der Waals surface area (Å²) in [7, 11) is 0. The highest BCUT2D eigenvalue weighted by Gasteiger charge is 1.89. The van der Waals surface area contributed by atoms with Gasteiger partial charge >= 0.3 is 0 Å². The predicted octanol–water partition coefficient (Wildman–Crippen LogP) is 1.62. The van der Waals surface area contributed by atoms with E-state index < -0.39 is 0 Å². The summed E-state index contributed by atoms with van der Waals surface area (Å²) in [5.74, 6) is 0.289. The van der Waals surface area contributed by atoms with Crippen molar-refractivity contribution in [3.63, 3.8) is 0 Å². The van der Waals surface area contributed by atoms with Crippen molar-refractivity contribution in [2.45, 2.75) is 13.8 Å². The quantitative estimate of drug-likeness (QED) is 0.423. The molecule has 0 aliphatic heterocycles. The first-order valence-electron chi connectivity index (χ1n) is 4.34. The zero-order valence-electron chi connectivity index (χ0n) is 8.36.